The third kappa shape index (κ3) is 1.99. The molecule has 0 radical (unpaired) electrons. The van der Waals surface area contributed by atoms with Crippen LogP contribution in [-0.2, 0) is 4.79 Å². The number of halogens is 3. The summed E-state index contributed by atoms with van der Waals surface area (Å²) in [6.07, 6.45) is 2.00. The summed E-state index contributed by atoms with van der Waals surface area (Å²) in [6, 6.07) is 2.41. The van der Waals surface area contributed by atoms with E-state index in [0.717, 1.165) is 18.2 Å². The zero-order valence-electron chi connectivity index (χ0n) is 9.88. The Balaban J connectivity index is 2.02. The van der Waals surface area contributed by atoms with E-state index in [1.54, 1.807) is 0 Å². The topological polar surface area (TPSA) is 37.4 Å². The molecule has 0 N–H and O–H groups in total. The van der Waals surface area contributed by atoms with Gasteiger partial charge in [-0.1, -0.05) is 27.5 Å². The molecule has 1 saturated carbocycles. The second-order valence-corrected chi connectivity index (χ2v) is 6.11. The molecule has 1 amide bonds. The number of carbonyl (C=O) groups excluding carboxylic acids is 2. The highest BCUT2D eigenvalue weighted by atomic mass is 79.9. The van der Waals surface area contributed by atoms with Crippen LogP contribution in [0.15, 0.2) is 12.1 Å². The lowest BCUT2D eigenvalue weighted by molar-refractivity contribution is -0.114. The van der Waals surface area contributed by atoms with Crippen LogP contribution in [0.4, 0.5) is 10.1 Å². The molecule has 1 fully saturated rings. The molecule has 19 heavy (non-hydrogen) atoms. The molecule has 3 rings (SSSR count). The molecule has 1 aliphatic carbocycles. The lowest BCUT2D eigenvalue weighted by Crippen LogP contribution is -2.35. The van der Waals surface area contributed by atoms with Crippen LogP contribution >= 0.6 is 27.5 Å². The lowest BCUT2D eigenvalue weighted by Gasteiger charge is -2.22. The number of hydrogen-bond acceptors (Lipinski definition) is 2. The Morgan fingerprint density at radius 1 is 1.37 bits per heavy atom. The van der Waals surface area contributed by atoms with Gasteiger partial charge in [-0.15, -0.1) is 0 Å². The van der Waals surface area contributed by atoms with E-state index >= 15 is 0 Å². The maximum Gasteiger partial charge on any atom is 0.299 e. The molecule has 2 aliphatic rings. The van der Waals surface area contributed by atoms with E-state index in [0.29, 0.717) is 12.2 Å². The average molecular weight is 347 g/mol. The van der Waals surface area contributed by atoms with E-state index in [9.17, 15) is 14.0 Å². The normalized spacial score (nSPS) is 19.8. The summed E-state index contributed by atoms with van der Waals surface area (Å²) in [6.45, 7) is 0.441. The first-order chi connectivity index (χ1) is 8.97. The number of alkyl halides is 1. The van der Waals surface area contributed by atoms with Crippen LogP contribution in [-0.4, -0.2) is 23.6 Å². The van der Waals surface area contributed by atoms with Crippen LogP contribution in [0.3, 0.4) is 0 Å². The number of nitrogens with zero attached hydrogens (tertiary/aromatic N) is 1. The average Bonchev–Trinajstić information content (AvgIpc) is 3.13. The number of rotatable bonds is 3. The highest BCUT2D eigenvalue weighted by Crippen LogP contribution is 2.49. The molecule has 0 bridgehead atoms. The van der Waals surface area contributed by atoms with E-state index in [1.165, 1.54) is 17.0 Å². The molecule has 1 heterocycles. The minimum absolute atomic E-state index is 0.0215. The highest BCUT2D eigenvalue weighted by Gasteiger charge is 2.47. The van der Waals surface area contributed by atoms with Gasteiger partial charge < -0.3 is 4.90 Å². The Labute approximate surface area is 122 Å². The standard InChI is InChI=1S/C13H10BrClFNO2/c14-5-13(1-2-13)6-17-10-4-9(16)8(15)3-7(10)11(18)12(17)19/h3-4H,1-2,5-6H2. The maximum absolute atomic E-state index is 13.5. The summed E-state index contributed by atoms with van der Waals surface area (Å²) in [5, 5.41) is 0.631. The van der Waals surface area contributed by atoms with Crippen molar-refractivity contribution < 1.29 is 14.0 Å². The number of fused-ring (bicyclic) bond motifs is 1. The Kier molecular flexibility index (Phi) is 2.94. The summed E-state index contributed by atoms with van der Waals surface area (Å²) >= 11 is 9.08. The first-order valence-electron chi connectivity index (χ1n) is 5.89. The van der Waals surface area contributed by atoms with Gasteiger partial charge in [0.15, 0.2) is 0 Å². The van der Waals surface area contributed by atoms with Gasteiger partial charge in [-0.05, 0) is 30.4 Å². The van der Waals surface area contributed by atoms with Crippen molar-refractivity contribution in [3.8, 4) is 0 Å². The Bertz CT molecular complexity index is 601. The minimum Gasteiger partial charge on any atom is -0.304 e. The molecule has 0 saturated heterocycles. The first kappa shape index (κ1) is 13.1. The van der Waals surface area contributed by atoms with Crippen molar-refractivity contribution in [2.24, 2.45) is 5.41 Å². The fourth-order valence-electron chi connectivity index (χ4n) is 2.29. The molecule has 6 heteroatoms. The van der Waals surface area contributed by atoms with Crippen molar-refractivity contribution in [1.29, 1.82) is 0 Å². The molecule has 100 valence electrons. The number of benzene rings is 1. The van der Waals surface area contributed by atoms with Crippen LogP contribution in [0.2, 0.25) is 5.02 Å². The molecule has 1 aromatic carbocycles. The number of hydrogen-bond donors (Lipinski definition) is 0. The molecule has 1 aromatic rings. The van der Waals surface area contributed by atoms with Gasteiger partial charge >= 0.3 is 0 Å². The zero-order chi connectivity index (χ0) is 13.8. The van der Waals surface area contributed by atoms with Gasteiger partial charge in [-0.2, -0.15) is 0 Å². The van der Waals surface area contributed by atoms with Crippen molar-refractivity contribution in [3.63, 3.8) is 0 Å². The fraction of sp³-hybridized carbons (Fsp3) is 0.385. The number of ketones is 1. The predicted molar refractivity (Wildman–Crippen MR) is 73.6 cm³/mol. The highest BCUT2D eigenvalue weighted by molar-refractivity contribution is 9.09. The molecule has 0 spiro atoms. The Morgan fingerprint density at radius 2 is 2.05 bits per heavy atom. The van der Waals surface area contributed by atoms with Crippen LogP contribution in [0.1, 0.15) is 23.2 Å². The van der Waals surface area contributed by atoms with E-state index in [1.807, 2.05) is 0 Å². The molecule has 0 atom stereocenters. The van der Waals surface area contributed by atoms with Crippen LogP contribution in [0, 0.1) is 11.2 Å². The number of Topliss-reactive ketones (excluding diaryl/α,β-unsaturated/α-hetero) is 1. The van der Waals surface area contributed by atoms with Crippen LogP contribution < -0.4 is 4.90 Å². The summed E-state index contributed by atoms with van der Waals surface area (Å²) < 4.78 is 13.5. The third-order valence-corrected chi connectivity index (χ3v) is 5.23. The lowest BCUT2D eigenvalue weighted by atomic mass is 10.1. The van der Waals surface area contributed by atoms with Crippen molar-refractivity contribution in [2.45, 2.75) is 12.8 Å². The summed E-state index contributed by atoms with van der Waals surface area (Å²) in [5.74, 6) is -1.82. The summed E-state index contributed by atoms with van der Waals surface area (Å²) in [5.41, 5.74) is 0.555. The van der Waals surface area contributed by atoms with Gasteiger partial charge in [0.1, 0.15) is 5.82 Å². The van der Waals surface area contributed by atoms with E-state index in [2.05, 4.69) is 15.9 Å². The second-order valence-electron chi connectivity index (χ2n) is 5.14. The third-order valence-electron chi connectivity index (χ3n) is 3.75. The maximum atomic E-state index is 13.5. The monoisotopic (exact) mass is 345 g/mol. The molecule has 0 aromatic heterocycles. The molecular weight excluding hydrogens is 337 g/mol. The van der Waals surface area contributed by atoms with Crippen molar-refractivity contribution in [3.05, 3.63) is 28.5 Å². The van der Waals surface area contributed by atoms with Crippen molar-refractivity contribution in [1.82, 2.24) is 0 Å². The number of carbonyl (C=O) groups is 2. The molecule has 3 nitrogen and oxygen atoms in total. The molecule has 0 unspecified atom stereocenters. The second kappa shape index (κ2) is 4.28. The van der Waals surface area contributed by atoms with Gasteiger partial charge in [0.05, 0.1) is 16.3 Å². The first-order valence-corrected chi connectivity index (χ1v) is 7.39. The zero-order valence-corrected chi connectivity index (χ0v) is 12.2. The summed E-state index contributed by atoms with van der Waals surface area (Å²) in [4.78, 5) is 25.3. The minimum atomic E-state index is -0.614. The molecule has 1 aliphatic heterocycles. The van der Waals surface area contributed by atoms with Crippen molar-refractivity contribution in [2.75, 3.05) is 16.8 Å². The smallest absolute Gasteiger partial charge is 0.299 e. The quantitative estimate of drug-likeness (QED) is 0.623. The van der Waals surface area contributed by atoms with Gasteiger partial charge in [-0.3, -0.25) is 9.59 Å². The molecular formula is C13H10BrClFNO2. The Hall–Kier alpha value is -0.940. The van der Waals surface area contributed by atoms with E-state index in [-0.39, 0.29) is 16.0 Å². The largest absolute Gasteiger partial charge is 0.304 e. The van der Waals surface area contributed by atoms with E-state index < -0.39 is 17.5 Å². The van der Waals surface area contributed by atoms with Gasteiger partial charge in [0.25, 0.3) is 11.7 Å². The van der Waals surface area contributed by atoms with Crippen molar-refractivity contribution >= 4 is 44.9 Å². The van der Waals surface area contributed by atoms with E-state index in [4.69, 9.17) is 11.6 Å². The predicted octanol–water partition coefficient (Wildman–Crippen LogP) is 3.18. The van der Waals surface area contributed by atoms with Crippen LogP contribution in [0.25, 0.3) is 0 Å². The SMILES string of the molecule is O=C1C(=O)N(CC2(CBr)CC2)c2cc(F)c(Cl)cc21. The van der Waals surface area contributed by atoms with Gasteiger partial charge in [-0.25, -0.2) is 4.39 Å². The van der Waals surface area contributed by atoms with Crippen LogP contribution in [0.5, 0.6) is 0 Å². The van der Waals surface area contributed by atoms with Gasteiger partial charge in [0, 0.05) is 11.9 Å². The fourth-order valence-corrected chi connectivity index (χ4v) is 3.19. The Morgan fingerprint density at radius 3 is 2.63 bits per heavy atom. The van der Waals surface area contributed by atoms with Gasteiger partial charge in [0.2, 0.25) is 0 Å². The summed E-state index contributed by atoms with van der Waals surface area (Å²) in [7, 11) is 0. The number of anilines is 1. The number of amides is 1.